The van der Waals surface area contributed by atoms with E-state index in [4.69, 9.17) is 4.74 Å². The minimum atomic E-state index is 0. The second kappa shape index (κ2) is 7.24. The molecule has 1 aromatic heterocycles. The molecule has 2 aromatic rings. The molecule has 21 heavy (non-hydrogen) atoms. The summed E-state index contributed by atoms with van der Waals surface area (Å²) in [6, 6.07) is 8.15. The molecule has 0 unspecified atom stereocenters. The van der Waals surface area contributed by atoms with Crippen LogP contribution in [-0.2, 0) is 0 Å². The fraction of sp³-hybridized carbons (Fsp3) is 0.333. The molecule has 5 nitrogen and oxygen atoms in total. The second-order valence-corrected chi connectivity index (χ2v) is 4.80. The van der Waals surface area contributed by atoms with Crippen molar-refractivity contribution in [1.82, 2.24) is 15.3 Å². The second-order valence-electron chi connectivity index (χ2n) is 4.80. The highest BCUT2D eigenvalue weighted by Crippen LogP contribution is 2.23. The molecule has 0 bridgehead atoms. The van der Waals surface area contributed by atoms with Gasteiger partial charge in [0.25, 0.3) is 0 Å². The van der Waals surface area contributed by atoms with E-state index in [1.807, 2.05) is 19.1 Å². The van der Waals surface area contributed by atoms with Crippen LogP contribution in [0.15, 0.2) is 36.7 Å². The third kappa shape index (κ3) is 4.06. The molecule has 6 heteroatoms. The summed E-state index contributed by atoms with van der Waals surface area (Å²) in [6.45, 7) is 6.03. The molecule has 1 aliphatic heterocycles. The van der Waals surface area contributed by atoms with Crippen molar-refractivity contribution in [2.75, 3.05) is 31.1 Å². The van der Waals surface area contributed by atoms with Gasteiger partial charge in [0.05, 0.1) is 12.4 Å². The molecule has 1 saturated heterocycles. The molecule has 0 saturated carbocycles. The minimum absolute atomic E-state index is 0. The maximum Gasteiger partial charge on any atom is 0.164 e. The zero-order valence-electron chi connectivity index (χ0n) is 12.0. The Bertz CT molecular complexity index is 553. The smallest absolute Gasteiger partial charge is 0.164 e. The Morgan fingerprint density at radius 3 is 2.24 bits per heavy atom. The topological polar surface area (TPSA) is 50.3 Å². The van der Waals surface area contributed by atoms with Gasteiger partial charge in [-0.05, 0) is 31.2 Å². The lowest BCUT2D eigenvalue weighted by atomic mass is 10.2. The van der Waals surface area contributed by atoms with E-state index < -0.39 is 0 Å². The van der Waals surface area contributed by atoms with E-state index in [-0.39, 0.29) is 12.4 Å². The average Bonchev–Trinajstić information content (AvgIpc) is 2.51. The Balaban J connectivity index is 0.00000161. The van der Waals surface area contributed by atoms with Crippen molar-refractivity contribution in [2.24, 2.45) is 0 Å². The summed E-state index contributed by atoms with van der Waals surface area (Å²) in [5, 5.41) is 3.35. The number of nitrogens with zero attached hydrogens (tertiary/aromatic N) is 3. The first-order valence-corrected chi connectivity index (χ1v) is 6.83. The van der Waals surface area contributed by atoms with E-state index in [0.717, 1.165) is 37.8 Å². The SMILES string of the molecule is Cc1ncc(Oc2ccc(N3CCNCC3)cc2)cn1.Cl. The van der Waals surface area contributed by atoms with E-state index in [9.17, 15) is 0 Å². The Morgan fingerprint density at radius 2 is 1.62 bits per heavy atom. The van der Waals surface area contributed by atoms with Crippen molar-refractivity contribution >= 4 is 18.1 Å². The van der Waals surface area contributed by atoms with Gasteiger partial charge in [-0.15, -0.1) is 12.4 Å². The Kier molecular flexibility index (Phi) is 5.36. The molecule has 0 amide bonds. The summed E-state index contributed by atoms with van der Waals surface area (Å²) < 4.78 is 5.72. The van der Waals surface area contributed by atoms with Gasteiger partial charge in [-0.3, -0.25) is 0 Å². The first-order chi connectivity index (χ1) is 9.81. The van der Waals surface area contributed by atoms with E-state index in [1.165, 1.54) is 5.69 Å². The summed E-state index contributed by atoms with van der Waals surface area (Å²) in [5.41, 5.74) is 1.24. The van der Waals surface area contributed by atoms with Crippen LogP contribution >= 0.6 is 12.4 Å². The zero-order valence-corrected chi connectivity index (χ0v) is 12.8. The number of hydrogen-bond acceptors (Lipinski definition) is 5. The molecule has 112 valence electrons. The number of aromatic nitrogens is 2. The fourth-order valence-electron chi connectivity index (χ4n) is 2.22. The van der Waals surface area contributed by atoms with Gasteiger partial charge in [0.2, 0.25) is 0 Å². The lowest BCUT2D eigenvalue weighted by Gasteiger charge is -2.29. The number of rotatable bonds is 3. The normalized spacial score (nSPS) is 14.4. The van der Waals surface area contributed by atoms with Gasteiger partial charge >= 0.3 is 0 Å². The average molecular weight is 307 g/mol. The number of ether oxygens (including phenoxy) is 1. The van der Waals surface area contributed by atoms with Crippen LogP contribution in [0.3, 0.4) is 0 Å². The van der Waals surface area contributed by atoms with Gasteiger partial charge < -0.3 is 15.0 Å². The van der Waals surface area contributed by atoms with Crippen LogP contribution in [0.1, 0.15) is 5.82 Å². The predicted molar refractivity (Wildman–Crippen MR) is 85.6 cm³/mol. The molecule has 1 fully saturated rings. The first kappa shape index (κ1) is 15.5. The largest absolute Gasteiger partial charge is 0.454 e. The van der Waals surface area contributed by atoms with Crippen molar-refractivity contribution in [3.8, 4) is 11.5 Å². The number of hydrogen-bond donors (Lipinski definition) is 1. The highest BCUT2D eigenvalue weighted by Gasteiger charge is 2.10. The van der Waals surface area contributed by atoms with Crippen LogP contribution in [0.4, 0.5) is 5.69 Å². The number of halogens is 1. The van der Waals surface area contributed by atoms with Crippen molar-refractivity contribution in [2.45, 2.75) is 6.92 Å². The molecule has 0 spiro atoms. The number of nitrogens with one attached hydrogen (secondary N) is 1. The van der Waals surface area contributed by atoms with E-state index in [0.29, 0.717) is 5.75 Å². The van der Waals surface area contributed by atoms with Crippen LogP contribution in [0.2, 0.25) is 0 Å². The van der Waals surface area contributed by atoms with Crippen LogP contribution < -0.4 is 15.0 Å². The first-order valence-electron chi connectivity index (χ1n) is 6.83. The van der Waals surface area contributed by atoms with E-state index in [2.05, 4.69) is 32.3 Å². The lowest BCUT2D eigenvalue weighted by molar-refractivity contribution is 0.476. The van der Waals surface area contributed by atoms with Crippen LogP contribution in [0.5, 0.6) is 11.5 Å². The molecular weight excluding hydrogens is 288 g/mol. The van der Waals surface area contributed by atoms with Crippen LogP contribution in [-0.4, -0.2) is 36.1 Å². The number of anilines is 1. The van der Waals surface area contributed by atoms with Gasteiger partial charge in [-0.25, -0.2) is 9.97 Å². The molecule has 1 N–H and O–H groups in total. The molecule has 3 rings (SSSR count). The Hall–Kier alpha value is -1.85. The molecule has 0 atom stereocenters. The highest BCUT2D eigenvalue weighted by atomic mass is 35.5. The number of aryl methyl sites for hydroxylation is 1. The maximum atomic E-state index is 5.72. The van der Waals surface area contributed by atoms with Crippen molar-refractivity contribution in [3.05, 3.63) is 42.5 Å². The third-order valence-electron chi connectivity index (χ3n) is 3.31. The number of piperazine rings is 1. The predicted octanol–water partition coefficient (Wildman–Crippen LogP) is 2.41. The minimum Gasteiger partial charge on any atom is -0.454 e. The van der Waals surface area contributed by atoms with Gasteiger partial charge in [0.1, 0.15) is 11.6 Å². The van der Waals surface area contributed by atoms with E-state index >= 15 is 0 Å². The molecule has 1 aromatic carbocycles. The maximum absolute atomic E-state index is 5.72. The third-order valence-corrected chi connectivity index (χ3v) is 3.31. The Morgan fingerprint density at radius 1 is 1.00 bits per heavy atom. The van der Waals surface area contributed by atoms with Gasteiger partial charge in [-0.2, -0.15) is 0 Å². The van der Waals surface area contributed by atoms with E-state index in [1.54, 1.807) is 12.4 Å². The van der Waals surface area contributed by atoms with Crippen LogP contribution in [0.25, 0.3) is 0 Å². The molecule has 0 radical (unpaired) electrons. The standard InChI is InChI=1S/C15H18N4O.ClH/c1-12-17-10-15(11-18-12)20-14-4-2-13(3-5-14)19-8-6-16-7-9-19;/h2-5,10-11,16H,6-9H2,1H3;1H. The monoisotopic (exact) mass is 306 g/mol. The fourth-order valence-corrected chi connectivity index (χ4v) is 2.22. The quantitative estimate of drug-likeness (QED) is 0.943. The molecule has 0 aliphatic carbocycles. The Labute approximate surface area is 130 Å². The summed E-state index contributed by atoms with van der Waals surface area (Å²) in [5.74, 6) is 2.20. The van der Waals surface area contributed by atoms with Gasteiger partial charge in [-0.1, -0.05) is 0 Å². The van der Waals surface area contributed by atoms with Gasteiger partial charge in [0, 0.05) is 31.9 Å². The van der Waals surface area contributed by atoms with Crippen molar-refractivity contribution in [1.29, 1.82) is 0 Å². The summed E-state index contributed by atoms with van der Waals surface area (Å²) >= 11 is 0. The zero-order chi connectivity index (χ0) is 13.8. The van der Waals surface area contributed by atoms with Crippen molar-refractivity contribution in [3.63, 3.8) is 0 Å². The summed E-state index contributed by atoms with van der Waals surface area (Å²) in [4.78, 5) is 10.6. The highest BCUT2D eigenvalue weighted by molar-refractivity contribution is 5.85. The van der Waals surface area contributed by atoms with Crippen molar-refractivity contribution < 1.29 is 4.74 Å². The van der Waals surface area contributed by atoms with Crippen LogP contribution in [0, 0.1) is 6.92 Å². The molecule has 2 heterocycles. The lowest BCUT2D eigenvalue weighted by Crippen LogP contribution is -2.43. The molecular formula is C15H19ClN4O. The number of benzene rings is 1. The summed E-state index contributed by atoms with van der Waals surface area (Å²) in [7, 11) is 0. The van der Waals surface area contributed by atoms with Gasteiger partial charge in [0.15, 0.2) is 5.75 Å². The summed E-state index contributed by atoms with van der Waals surface area (Å²) in [6.07, 6.45) is 3.37. The molecule has 1 aliphatic rings.